The topological polar surface area (TPSA) is 52.6 Å². The molecular formula is C19H16Cl2O4. The molecule has 0 aromatic heterocycles. The van der Waals surface area contributed by atoms with Crippen LogP contribution in [0.1, 0.15) is 34.3 Å². The van der Waals surface area contributed by atoms with Gasteiger partial charge in [0.1, 0.15) is 5.75 Å². The van der Waals surface area contributed by atoms with E-state index in [9.17, 15) is 9.59 Å². The first-order valence-electron chi connectivity index (χ1n) is 7.77. The Morgan fingerprint density at radius 3 is 2.48 bits per heavy atom. The lowest BCUT2D eigenvalue weighted by molar-refractivity contribution is -0.145. The van der Waals surface area contributed by atoms with Crippen molar-refractivity contribution in [2.45, 2.75) is 17.7 Å². The number of benzene rings is 2. The Kier molecular flexibility index (Phi) is 4.76. The second kappa shape index (κ2) is 6.70. The number of Topliss-reactive ketones (excluding diaryl/α,β-unsaturated/α-hetero) is 1. The fraction of sp³-hybridized carbons (Fsp3) is 0.263. The van der Waals surface area contributed by atoms with Gasteiger partial charge in [-0.1, -0.05) is 41.4 Å². The van der Waals surface area contributed by atoms with Crippen molar-refractivity contribution in [3.05, 3.63) is 64.2 Å². The Balaban J connectivity index is 2.21. The lowest BCUT2D eigenvalue weighted by Crippen LogP contribution is -2.43. The zero-order valence-electron chi connectivity index (χ0n) is 13.7. The number of esters is 1. The molecule has 6 heteroatoms. The van der Waals surface area contributed by atoms with Crippen molar-refractivity contribution >= 4 is 35.0 Å². The van der Waals surface area contributed by atoms with Crippen molar-refractivity contribution in [2.75, 3.05) is 13.7 Å². The van der Waals surface area contributed by atoms with Crippen LogP contribution in [0.5, 0.6) is 5.75 Å². The third-order valence-corrected chi connectivity index (χ3v) is 5.12. The molecule has 25 heavy (non-hydrogen) atoms. The first kappa shape index (κ1) is 17.8. The zero-order chi connectivity index (χ0) is 18.2. The van der Waals surface area contributed by atoms with E-state index >= 15 is 0 Å². The number of hydrogen-bond donors (Lipinski definition) is 0. The SMILES string of the molecule is CCOC(=O)[C@@]1(Cl)C(=O)c2cc(OC)ccc2[C@H]1c1ccc(Cl)cc1. The number of carbonyl (C=O) groups is 2. The van der Waals surface area contributed by atoms with Gasteiger partial charge in [0.25, 0.3) is 0 Å². The minimum atomic E-state index is -1.85. The number of fused-ring (bicyclic) bond motifs is 1. The van der Waals surface area contributed by atoms with Crippen molar-refractivity contribution in [3.63, 3.8) is 0 Å². The molecule has 0 heterocycles. The molecule has 3 rings (SSSR count). The van der Waals surface area contributed by atoms with Crippen molar-refractivity contribution < 1.29 is 19.1 Å². The summed E-state index contributed by atoms with van der Waals surface area (Å²) in [6.45, 7) is 1.80. The molecular weight excluding hydrogens is 363 g/mol. The van der Waals surface area contributed by atoms with Crippen LogP contribution in [0.25, 0.3) is 0 Å². The van der Waals surface area contributed by atoms with Crippen LogP contribution >= 0.6 is 23.2 Å². The number of hydrogen-bond acceptors (Lipinski definition) is 4. The summed E-state index contributed by atoms with van der Waals surface area (Å²) in [6.07, 6.45) is 0. The van der Waals surface area contributed by atoms with E-state index in [-0.39, 0.29) is 6.61 Å². The highest BCUT2D eigenvalue weighted by Crippen LogP contribution is 2.50. The minimum absolute atomic E-state index is 0.133. The third-order valence-electron chi connectivity index (χ3n) is 4.32. The summed E-state index contributed by atoms with van der Waals surface area (Å²) in [7, 11) is 1.51. The first-order valence-corrected chi connectivity index (χ1v) is 8.53. The molecule has 2 atom stereocenters. The fourth-order valence-electron chi connectivity index (χ4n) is 3.16. The van der Waals surface area contributed by atoms with Crippen LogP contribution < -0.4 is 4.74 Å². The average molecular weight is 379 g/mol. The third kappa shape index (κ3) is 2.79. The van der Waals surface area contributed by atoms with Crippen molar-refractivity contribution in [2.24, 2.45) is 0 Å². The lowest BCUT2D eigenvalue weighted by atomic mass is 9.85. The van der Waals surface area contributed by atoms with Gasteiger partial charge in [-0.25, -0.2) is 4.79 Å². The van der Waals surface area contributed by atoms with E-state index in [2.05, 4.69) is 0 Å². The molecule has 2 aromatic rings. The van der Waals surface area contributed by atoms with Gasteiger partial charge in [-0.05, 0) is 42.3 Å². The molecule has 0 bridgehead atoms. The van der Waals surface area contributed by atoms with E-state index < -0.39 is 22.5 Å². The minimum Gasteiger partial charge on any atom is -0.497 e. The maximum Gasteiger partial charge on any atom is 0.336 e. The van der Waals surface area contributed by atoms with Gasteiger partial charge < -0.3 is 9.47 Å². The highest BCUT2D eigenvalue weighted by atomic mass is 35.5. The molecule has 1 aliphatic rings. The molecule has 0 N–H and O–H groups in total. The number of halogens is 2. The van der Waals surface area contributed by atoms with Gasteiger partial charge in [-0.2, -0.15) is 0 Å². The normalized spacial score (nSPS) is 21.8. The smallest absolute Gasteiger partial charge is 0.336 e. The number of rotatable bonds is 4. The summed E-state index contributed by atoms with van der Waals surface area (Å²) in [6, 6.07) is 12.0. The van der Waals surface area contributed by atoms with Gasteiger partial charge in [0.05, 0.1) is 13.7 Å². The molecule has 1 aliphatic carbocycles. The Labute approximate surface area is 155 Å². The summed E-state index contributed by atoms with van der Waals surface area (Å²) in [5.41, 5.74) is 1.74. The summed E-state index contributed by atoms with van der Waals surface area (Å²) in [4.78, 5) is 23.8. The quantitative estimate of drug-likeness (QED) is 0.454. The summed E-state index contributed by atoms with van der Waals surface area (Å²) >= 11 is 12.6. The molecule has 0 spiro atoms. The maximum atomic E-state index is 13.0. The standard InChI is InChI=1S/C19H16Cl2O4/c1-3-25-18(23)19(21)16(11-4-6-12(20)7-5-11)14-9-8-13(24-2)10-15(14)17(19)22/h4-10,16H,3H2,1-2H3/t16-,19+/m1/s1. The summed E-state index contributed by atoms with van der Waals surface area (Å²) in [5, 5.41) is 0.555. The van der Waals surface area contributed by atoms with E-state index in [0.29, 0.717) is 27.5 Å². The molecule has 0 unspecified atom stereocenters. The number of carbonyl (C=O) groups excluding carboxylic acids is 2. The van der Waals surface area contributed by atoms with Crippen LogP contribution in [-0.4, -0.2) is 30.3 Å². The lowest BCUT2D eigenvalue weighted by Gasteiger charge is -2.26. The van der Waals surface area contributed by atoms with E-state index in [1.807, 2.05) is 0 Å². The van der Waals surface area contributed by atoms with Crippen molar-refractivity contribution in [3.8, 4) is 5.75 Å². The Bertz CT molecular complexity index is 832. The second-order valence-electron chi connectivity index (χ2n) is 5.70. The summed E-state index contributed by atoms with van der Waals surface area (Å²) < 4.78 is 10.3. The van der Waals surface area contributed by atoms with Crippen molar-refractivity contribution in [1.29, 1.82) is 0 Å². The van der Waals surface area contributed by atoms with E-state index in [1.165, 1.54) is 7.11 Å². The predicted molar refractivity (Wildman–Crippen MR) is 95.8 cm³/mol. The fourth-order valence-corrected chi connectivity index (χ4v) is 3.69. The monoisotopic (exact) mass is 378 g/mol. The van der Waals surface area contributed by atoms with Gasteiger partial charge in [0.15, 0.2) is 5.78 Å². The van der Waals surface area contributed by atoms with E-state index in [0.717, 1.165) is 0 Å². The first-order chi connectivity index (χ1) is 11.9. The molecule has 2 aromatic carbocycles. The molecule has 0 radical (unpaired) electrons. The largest absolute Gasteiger partial charge is 0.497 e. The van der Waals surface area contributed by atoms with Crippen LogP contribution in [0.15, 0.2) is 42.5 Å². The zero-order valence-corrected chi connectivity index (χ0v) is 15.2. The molecule has 130 valence electrons. The highest BCUT2D eigenvalue weighted by Gasteiger charge is 2.59. The Morgan fingerprint density at radius 1 is 1.20 bits per heavy atom. The van der Waals surface area contributed by atoms with Gasteiger partial charge >= 0.3 is 5.97 Å². The molecule has 0 aliphatic heterocycles. The molecule has 0 saturated carbocycles. The van der Waals surface area contributed by atoms with Gasteiger partial charge in [-0.15, -0.1) is 0 Å². The van der Waals surface area contributed by atoms with Gasteiger partial charge in [0.2, 0.25) is 4.87 Å². The van der Waals surface area contributed by atoms with Crippen LogP contribution in [0.2, 0.25) is 5.02 Å². The molecule has 0 saturated heterocycles. The Morgan fingerprint density at radius 2 is 1.88 bits per heavy atom. The number of alkyl halides is 1. The van der Waals surface area contributed by atoms with Crippen LogP contribution in [-0.2, 0) is 9.53 Å². The van der Waals surface area contributed by atoms with Gasteiger partial charge in [-0.3, -0.25) is 4.79 Å². The number of methoxy groups -OCH3 is 1. The molecule has 0 amide bonds. The van der Waals surface area contributed by atoms with Crippen LogP contribution in [0.4, 0.5) is 0 Å². The molecule has 4 nitrogen and oxygen atoms in total. The second-order valence-corrected chi connectivity index (χ2v) is 6.73. The van der Waals surface area contributed by atoms with Crippen LogP contribution in [0.3, 0.4) is 0 Å². The summed E-state index contributed by atoms with van der Waals surface area (Å²) in [5.74, 6) is -1.39. The Hall–Kier alpha value is -2.04. The average Bonchev–Trinajstić information content (AvgIpc) is 2.84. The molecule has 0 fully saturated rings. The van der Waals surface area contributed by atoms with Crippen LogP contribution in [0, 0.1) is 0 Å². The van der Waals surface area contributed by atoms with E-state index in [1.54, 1.807) is 49.4 Å². The number of ketones is 1. The highest BCUT2D eigenvalue weighted by molar-refractivity contribution is 6.50. The number of ether oxygens (including phenoxy) is 2. The van der Waals surface area contributed by atoms with E-state index in [4.69, 9.17) is 32.7 Å². The maximum absolute atomic E-state index is 13.0. The predicted octanol–water partition coefficient (Wildman–Crippen LogP) is 4.22. The van der Waals surface area contributed by atoms with Gasteiger partial charge in [0, 0.05) is 16.5 Å². The van der Waals surface area contributed by atoms with Crippen molar-refractivity contribution in [1.82, 2.24) is 0 Å².